The first kappa shape index (κ1) is 16.2. The number of methoxy groups -OCH3 is 1. The Bertz CT molecular complexity index is 716. The van der Waals surface area contributed by atoms with E-state index in [1.807, 2.05) is 12.1 Å². The zero-order valence-corrected chi connectivity index (χ0v) is 12.5. The summed E-state index contributed by atoms with van der Waals surface area (Å²) in [4.78, 5) is 11.7. The number of hydrogen-bond acceptors (Lipinski definition) is 6. The van der Waals surface area contributed by atoms with Gasteiger partial charge in [-0.05, 0) is 35.9 Å². The van der Waals surface area contributed by atoms with Crippen molar-refractivity contribution in [2.24, 2.45) is 5.10 Å². The Morgan fingerprint density at radius 3 is 2.74 bits per heavy atom. The van der Waals surface area contributed by atoms with Crippen LogP contribution in [0.15, 0.2) is 47.6 Å². The van der Waals surface area contributed by atoms with Gasteiger partial charge in [-0.25, -0.2) is 5.43 Å². The van der Waals surface area contributed by atoms with Gasteiger partial charge in [0.25, 0.3) is 5.91 Å². The van der Waals surface area contributed by atoms with Crippen molar-refractivity contribution in [3.05, 3.63) is 48.0 Å². The van der Waals surface area contributed by atoms with Gasteiger partial charge >= 0.3 is 0 Å². The molecule has 0 fully saturated rings. The molecule has 0 aromatic heterocycles. The molecule has 7 nitrogen and oxygen atoms in total. The summed E-state index contributed by atoms with van der Waals surface area (Å²) in [5.41, 5.74) is 3.60. The second kappa shape index (κ2) is 7.69. The van der Waals surface area contributed by atoms with E-state index in [0.29, 0.717) is 17.0 Å². The summed E-state index contributed by atoms with van der Waals surface area (Å²) in [5.74, 6) is -0.163. The highest BCUT2D eigenvalue weighted by Crippen LogP contribution is 2.24. The molecule has 0 aliphatic rings. The van der Waals surface area contributed by atoms with Crippen LogP contribution in [-0.2, 0) is 4.79 Å². The number of aromatic hydroxyl groups is 2. The van der Waals surface area contributed by atoms with E-state index in [9.17, 15) is 15.0 Å². The smallest absolute Gasteiger partial charge is 0.259 e. The number of nitrogens with zero attached hydrogens (tertiary/aromatic N) is 1. The van der Waals surface area contributed by atoms with Crippen molar-refractivity contribution >= 4 is 17.8 Å². The highest BCUT2D eigenvalue weighted by molar-refractivity contribution is 5.85. The van der Waals surface area contributed by atoms with Crippen molar-refractivity contribution < 1.29 is 19.7 Å². The highest BCUT2D eigenvalue weighted by atomic mass is 16.5. The SMILES string of the molecule is COc1ccccc1NCC(=O)N/N=C/c1ccc(O)c(O)c1. The first-order valence-electron chi connectivity index (χ1n) is 6.81. The predicted molar refractivity (Wildman–Crippen MR) is 87.0 cm³/mol. The van der Waals surface area contributed by atoms with Crippen molar-refractivity contribution in [1.29, 1.82) is 0 Å². The monoisotopic (exact) mass is 315 g/mol. The van der Waals surface area contributed by atoms with Crippen LogP contribution in [0.3, 0.4) is 0 Å². The maximum Gasteiger partial charge on any atom is 0.259 e. The van der Waals surface area contributed by atoms with Crippen molar-refractivity contribution in [3.8, 4) is 17.2 Å². The lowest BCUT2D eigenvalue weighted by molar-refractivity contribution is -0.119. The fourth-order valence-electron chi connectivity index (χ4n) is 1.81. The van der Waals surface area contributed by atoms with Crippen LogP contribution in [0.1, 0.15) is 5.56 Å². The minimum atomic E-state index is -0.338. The molecule has 0 spiro atoms. The third kappa shape index (κ3) is 4.63. The number of amides is 1. The van der Waals surface area contributed by atoms with Crippen molar-refractivity contribution in [2.75, 3.05) is 19.0 Å². The van der Waals surface area contributed by atoms with Crippen LogP contribution in [0.4, 0.5) is 5.69 Å². The number of rotatable bonds is 6. The normalized spacial score (nSPS) is 10.5. The van der Waals surface area contributed by atoms with Gasteiger partial charge in [-0.2, -0.15) is 5.10 Å². The van der Waals surface area contributed by atoms with Gasteiger partial charge in [0, 0.05) is 0 Å². The standard InChI is InChI=1S/C16H17N3O4/c1-23-15-5-3-2-4-12(15)17-10-16(22)19-18-9-11-6-7-13(20)14(21)8-11/h2-9,17,20-21H,10H2,1H3,(H,19,22)/b18-9+. The van der Waals surface area contributed by atoms with Crippen LogP contribution < -0.4 is 15.5 Å². The van der Waals surface area contributed by atoms with E-state index in [1.54, 1.807) is 25.3 Å². The Kier molecular flexibility index (Phi) is 5.40. The fourth-order valence-corrected chi connectivity index (χ4v) is 1.81. The molecule has 0 bridgehead atoms. The van der Waals surface area contributed by atoms with Gasteiger partial charge in [0.2, 0.25) is 0 Å². The van der Waals surface area contributed by atoms with Crippen LogP contribution >= 0.6 is 0 Å². The molecular formula is C16H17N3O4. The molecule has 2 aromatic carbocycles. The van der Waals surface area contributed by atoms with Crippen LogP contribution in [0.25, 0.3) is 0 Å². The summed E-state index contributed by atoms with van der Waals surface area (Å²) in [6, 6.07) is 11.5. The van der Waals surface area contributed by atoms with Crippen molar-refractivity contribution in [1.82, 2.24) is 5.43 Å². The molecule has 0 heterocycles. The summed E-state index contributed by atoms with van der Waals surface area (Å²) in [6.07, 6.45) is 1.36. The van der Waals surface area contributed by atoms with Crippen LogP contribution in [0.2, 0.25) is 0 Å². The summed E-state index contributed by atoms with van der Waals surface area (Å²) in [6.45, 7) is 0.0263. The number of phenolic OH excluding ortho intramolecular Hbond substituents is 2. The average Bonchev–Trinajstić information content (AvgIpc) is 2.56. The third-order valence-corrected chi connectivity index (χ3v) is 2.95. The van der Waals surface area contributed by atoms with Gasteiger partial charge < -0.3 is 20.3 Å². The number of benzene rings is 2. The number of hydrazone groups is 1. The van der Waals surface area contributed by atoms with E-state index in [-0.39, 0.29) is 24.0 Å². The van der Waals surface area contributed by atoms with Crippen molar-refractivity contribution in [2.45, 2.75) is 0 Å². The lowest BCUT2D eigenvalue weighted by Crippen LogP contribution is -2.26. The molecule has 0 radical (unpaired) electrons. The molecule has 0 atom stereocenters. The van der Waals surface area contributed by atoms with Crippen LogP contribution in [0.5, 0.6) is 17.2 Å². The molecule has 1 amide bonds. The van der Waals surface area contributed by atoms with Crippen LogP contribution in [0, 0.1) is 0 Å². The zero-order valence-electron chi connectivity index (χ0n) is 12.5. The molecule has 2 aromatic rings. The number of anilines is 1. The number of carbonyl (C=O) groups excluding carboxylic acids is 1. The van der Waals surface area contributed by atoms with E-state index in [0.717, 1.165) is 0 Å². The Labute approximate surface area is 133 Å². The van der Waals surface area contributed by atoms with Crippen molar-refractivity contribution in [3.63, 3.8) is 0 Å². The minimum Gasteiger partial charge on any atom is -0.504 e. The van der Waals surface area contributed by atoms with E-state index >= 15 is 0 Å². The summed E-state index contributed by atoms with van der Waals surface area (Å²) in [5, 5.41) is 25.3. The molecule has 0 aliphatic carbocycles. The Morgan fingerprint density at radius 1 is 1.22 bits per heavy atom. The second-order valence-corrected chi connectivity index (χ2v) is 4.60. The minimum absolute atomic E-state index is 0.0263. The van der Waals surface area contributed by atoms with Gasteiger partial charge in [-0.15, -0.1) is 0 Å². The molecule has 23 heavy (non-hydrogen) atoms. The summed E-state index contributed by atoms with van der Waals surface area (Å²) >= 11 is 0. The maximum atomic E-state index is 11.7. The van der Waals surface area contributed by atoms with Gasteiger partial charge in [0.05, 0.1) is 25.6 Å². The number of nitrogens with one attached hydrogen (secondary N) is 2. The molecule has 0 saturated heterocycles. The Morgan fingerprint density at radius 2 is 2.00 bits per heavy atom. The number of carbonyl (C=O) groups is 1. The van der Waals surface area contributed by atoms with Gasteiger partial charge in [-0.1, -0.05) is 12.1 Å². The van der Waals surface area contributed by atoms with E-state index in [4.69, 9.17) is 4.74 Å². The number of ether oxygens (including phenoxy) is 1. The largest absolute Gasteiger partial charge is 0.504 e. The molecule has 0 aliphatic heterocycles. The molecule has 0 unspecified atom stereocenters. The first-order valence-corrected chi connectivity index (χ1v) is 6.81. The molecule has 0 saturated carbocycles. The van der Waals surface area contributed by atoms with E-state index < -0.39 is 0 Å². The fraction of sp³-hybridized carbons (Fsp3) is 0.125. The lowest BCUT2D eigenvalue weighted by Gasteiger charge is -2.09. The second-order valence-electron chi connectivity index (χ2n) is 4.60. The Hall–Kier alpha value is -3.22. The number of hydrogen-bond donors (Lipinski definition) is 4. The molecule has 120 valence electrons. The van der Waals surface area contributed by atoms with Gasteiger partial charge in [-0.3, -0.25) is 4.79 Å². The molecule has 4 N–H and O–H groups in total. The highest BCUT2D eigenvalue weighted by Gasteiger charge is 2.04. The first-order chi connectivity index (χ1) is 11.1. The van der Waals surface area contributed by atoms with Crippen LogP contribution in [-0.4, -0.2) is 36.0 Å². The lowest BCUT2D eigenvalue weighted by atomic mass is 10.2. The quantitative estimate of drug-likeness (QED) is 0.369. The van der Waals surface area contributed by atoms with Gasteiger partial charge in [0.1, 0.15) is 5.75 Å². The summed E-state index contributed by atoms with van der Waals surface area (Å²) < 4.78 is 5.17. The number of phenols is 2. The predicted octanol–water partition coefficient (Wildman–Crippen LogP) is 1.67. The molecule has 2 rings (SSSR count). The van der Waals surface area contributed by atoms with Gasteiger partial charge in [0.15, 0.2) is 11.5 Å². The number of para-hydroxylation sites is 2. The molecule has 7 heteroatoms. The Balaban J connectivity index is 1.85. The zero-order chi connectivity index (χ0) is 16.7. The topological polar surface area (TPSA) is 103 Å². The summed E-state index contributed by atoms with van der Waals surface area (Å²) in [7, 11) is 1.55. The molecular weight excluding hydrogens is 298 g/mol. The van der Waals surface area contributed by atoms with E-state index in [2.05, 4.69) is 15.8 Å². The maximum absolute atomic E-state index is 11.7. The third-order valence-electron chi connectivity index (χ3n) is 2.95. The van der Waals surface area contributed by atoms with E-state index in [1.165, 1.54) is 18.3 Å². The average molecular weight is 315 g/mol.